The second-order valence-corrected chi connectivity index (χ2v) is 3.59. The van der Waals surface area contributed by atoms with Crippen LogP contribution in [-0.4, -0.2) is 39.6 Å². The number of aromatic amines is 1. The number of rotatable bonds is 3. The highest BCUT2D eigenvalue weighted by molar-refractivity contribution is 5.78. The molecule has 1 saturated heterocycles. The summed E-state index contributed by atoms with van der Waals surface area (Å²) in [5, 5.41) is 19.3. The molecule has 1 aliphatic heterocycles. The Hall–Kier alpha value is -1.50. The zero-order valence-electron chi connectivity index (χ0n) is 8.36. The number of nitrogens with one attached hydrogen (secondary N) is 3. The van der Waals surface area contributed by atoms with Crippen LogP contribution in [0.4, 0.5) is 0 Å². The first kappa shape index (κ1) is 10.0. The molecule has 82 valence electrons. The molecule has 2 rings (SSSR count). The number of piperidine rings is 1. The highest BCUT2D eigenvalue weighted by atomic mass is 16.1. The number of H-pyrrole nitrogens is 1. The fraction of sp³-hybridized carbons (Fsp3) is 0.750. The molecule has 3 N–H and O–H groups in total. The minimum atomic E-state index is 0.0620. The molecule has 0 unspecified atom stereocenters. The zero-order valence-corrected chi connectivity index (χ0v) is 8.36. The average molecular weight is 210 g/mol. The summed E-state index contributed by atoms with van der Waals surface area (Å²) in [4.78, 5) is 11.7. The van der Waals surface area contributed by atoms with Crippen molar-refractivity contribution in [2.24, 2.45) is 5.92 Å². The van der Waals surface area contributed by atoms with E-state index in [1.807, 2.05) is 0 Å². The van der Waals surface area contributed by atoms with Gasteiger partial charge in [0.2, 0.25) is 5.91 Å². The first-order valence-corrected chi connectivity index (χ1v) is 5.07. The lowest BCUT2D eigenvalue weighted by Crippen LogP contribution is -2.40. The fourth-order valence-electron chi connectivity index (χ4n) is 1.64. The normalized spacial score (nSPS) is 21.2. The predicted octanol–water partition coefficient (Wildman–Crippen LogP) is -1.18. The van der Waals surface area contributed by atoms with Gasteiger partial charge in [0.25, 0.3) is 0 Å². The number of carbonyl (C=O) groups is 1. The number of aromatic nitrogens is 4. The zero-order chi connectivity index (χ0) is 10.5. The van der Waals surface area contributed by atoms with Crippen molar-refractivity contribution in [3.05, 3.63) is 5.82 Å². The van der Waals surface area contributed by atoms with Gasteiger partial charge in [0.05, 0.1) is 12.5 Å². The first-order chi connectivity index (χ1) is 7.36. The number of nitrogens with zero attached hydrogens (tertiary/aromatic N) is 3. The molecule has 1 atom stereocenters. The van der Waals surface area contributed by atoms with Gasteiger partial charge in [-0.1, -0.05) is 5.21 Å². The van der Waals surface area contributed by atoms with Gasteiger partial charge in [0.1, 0.15) is 0 Å². The summed E-state index contributed by atoms with van der Waals surface area (Å²) in [5.41, 5.74) is 0. The van der Waals surface area contributed by atoms with Crippen LogP contribution in [0, 0.1) is 5.92 Å². The number of tetrazole rings is 1. The minimum absolute atomic E-state index is 0.0620. The fourth-order valence-corrected chi connectivity index (χ4v) is 1.64. The van der Waals surface area contributed by atoms with E-state index >= 15 is 0 Å². The van der Waals surface area contributed by atoms with Gasteiger partial charge in [-0.15, -0.1) is 10.2 Å². The second-order valence-electron chi connectivity index (χ2n) is 3.59. The van der Waals surface area contributed by atoms with Gasteiger partial charge in [-0.25, -0.2) is 0 Å². The molecule has 1 fully saturated rings. The van der Waals surface area contributed by atoms with Crippen LogP contribution in [0.1, 0.15) is 18.7 Å². The summed E-state index contributed by atoms with van der Waals surface area (Å²) in [7, 11) is 0. The van der Waals surface area contributed by atoms with Crippen molar-refractivity contribution in [3.8, 4) is 0 Å². The van der Waals surface area contributed by atoms with Crippen LogP contribution in [0.5, 0.6) is 0 Å². The van der Waals surface area contributed by atoms with Crippen molar-refractivity contribution in [1.82, 2.24) is 31.3 Å². The van der Waals surface area contributed by atoms with Crippen molar-refractivity contribution in [3.63, 3.8) is 0 Å². The summed E-state index contributed by atoms with van der Waals surface area (Å²) in [5.74, 6) is 0.643. The lowest BCUT2D eigenvalue weighted by Gasteiger charge is -2.21. The standard InChI is InChI=1S/C8H14N6O/c15-8(6-2-1-3-9-4-6)10-5-7-11-13-14-12-7/h6,9H,1-5H2,(H,10,15)(H,11,12,13,14)/t6-/m1/s1. The SMILES string of the molecule is O=C(NCc1nn[nH]n1)[C@@H]1CCCNC1. The lowest BCUT2D eigenvalue weighted by atomic mass is 9.99. The molecule has 0 aromatic carbocycles. The third-order valence-corrected chi connectivity index (χ3v) is 2.48. The molecule has 1 amide bonds. The van der Waals surface area contributed by atoms with Gasteiger partial charge in [0, 0.05) is 6.54 Å². The Morgan fingerprint density at radius 3 is 3.20 bits per heavy atom. The summed E-state index contributed by atoms with van der Waals surface area (Å²) in [6.45, 7) is 2.11. The van der Waals surface area contributed by atoms with Crippen molar-refractivity contribution in [2.75, 3.05) is 13.1 Å². The third kappa shape index (κ3) is 2.72. The maximum atomic E-state index is 11.7. The number of hydrogen-bond acceptors (Lipinski definition) is 5. The van der Waals surface area contributed by atoms with Gasteiger partial charge in [-0.05, 0) is 19.4 Å². The maximum Gasteiger partial charge on any atom is 0.224 e. The molecule has 7 heteroatoms. The summed E-state index contributed by atoms with van der Waals surface area (Å²) < 4.78 is 0. The lowest BCUT2D eigenvalue weighted by molar-refractivity contribution is -0.125. The van der Waals surface area contributed by atoms with E-state index in [0.29, 0.717) is 12.4 Å². The summed E-state index contributed by atoms with van der Waals surface area (Å²) in [6.07, 6.45) is 2.01. The van der Waals surface area contributed by atoms with E-state index in [4.69, 9.17) is 0 Å². The third-order valence-electron chi connectivity index (χ3n) is 2.48. The molecule has 1 aliphatic rings. The van der Waals surface area contributed by atoms with E-state index in [-0.39, 0.29) is 11.8 Å². The van der Waals surface area contributed by atoms with E-state index in [1.54, 1.807) is 0 Å². The Balaban J connectivity index is 1.76. The number of hydrogen-bond donors (Lipinski definition) is 3. The molecule has 1 aromatic rings. The molecule has 0 spiro atoms. The molecule has 15 heavy (non-hydrogen) atoms. The van der Waals surface area contributed by atoms with E-state index in [2.05, 4.69) is 31.3 Å². The molecule has 1 aromatic heterocycles. The smallest absolute Gasteiger partial charge is 0.224 e. The van der Waals surface area contributed by atoms with E-state index in [0.717, 1.165) is 25.9 Å². The van der Waals surface area contributed by atoms with Crippen molar-refractivity contribution in [2.45, 2.75) is 19.4 Å². The molecular formula is C8H14N6O. The topological polar surface area (TPSA) is 95.6 Å². The monoisotopic (exact) mass is 210 g/mol. The van der Waals surface area contributed by atoms with Gasteiger partial charge in [0.15, 0.2) is 5.82 Å². The molecular weight excluding hydrogens is 196 g/mol. The molecule has 0 aliphatic carbocycles. The Labute approximate surface area is 87.0 Å². The largest absolute Gasteiger partial charge is 0.348 e. The Morgan fingerprint density at radius 2 is 2.53 bits per heavy atom. The predicted molar refractivity (Wildman–Crippen MR) is 51.6 cm³/mol. The van der Waals surface area contributed by atoms with Crippen LogP contribution in [0.15, 0.2) is 0 Å². The van der Waals surface area contributed by atoms with Crippen LogP contribution in [0.25, 0.3) is 0 Å². The van der Waals surface area contributed by atoms with Gasteiger partial charge in [-0.2, -0.15) is 5.21 Å². The van der Waals surface area contributed by atoms with Gasteiger partial charge < -0.3 is 10.6 Å². The van der Waals surface area contributed by atoms with Crippen LogP contribution < -0.4 is 10.6 Å². The number of carbonyl (C=O) groups excluding carboxylic acids is 1. The van der Waals surface area contributed by atoms with Crippen LogP contribution in [0.2, 0.25) is 0 Å². The molecule has 2 heterocycles. The average Bonchev–Trinajstić information content (AvgIpc) is 2.80. The van der Waals surface area contributed by atoms with Crippen molar-refractivity contribution < 1.29 is 4.79 Å². The van der Waals surface area contributed by atoms with E-state index in [1.165, 1.54) is 0 Å². The maximum absolute atomic E-state index is 11.7. The highest BCUT2D eigenvalue weighted by Crippen LogP contribution is 2.09. The van der Waals surface area contributed by atoms with Crippen molar-refractivity contribution >= 4 is 5.91 Å². The van der Waals surface area contributed by atoms with Crippen LogP contribution >= 0.6 is 0 Å². The minimum Gasteiger partial charge on any atom is -0.348 e. The highest BCUT2D eigenvalue weighted by Gasteiger charge is 2.20. The van der Waals surface area contributed by atoms with Crippen LogP contribution in [0.3, 0.4) is 0 Å². The Morgan fingerprint density at radius 1 is 1.60 bits per heavy atom. The Kier molecular flexibility index (Phi) is 3.23. The van der Waals surface area contributed by atoms with Gasteiger partial charge >= 0.3 is 0 Å². The van der Waals surface area contributed by atoms with Gasteiger partial charge in [-0.3, -0.25) is 4.79 Å². The summed E-state index contributed by atoms with van der Waals surface area (Å²) in [6, 6.07) is 0. The quantitative estimate of drug-likeness (QED) is 0.583. The van der Waals surface area contributed by atoms with E-state index < -0.39 is 0 Å². The second kappa shape index (κ2) is 4.83. The number of amides is 1. The molecule has 0 radical (unpaired) electrons. The summed E-state index contributed by atoms with van der Waals surface area (Å²) >= 11 is 0. The molecule has 0 saturated carbocycles. The molecule has 0 bridgehead atoms. The Bertz CT molecular complexity index is 305. The van der Waals surface area contributed by atoms with E-state index in [9.17, 15) is 4.79 Å². The first-order valence-electron chi connectivity index (χ1n) is 5.07. The molecule has 7 nitrogen and oxygen atoms in total. The van der Waals surface area contributed by atoms with Crippen molar-refractivity contribution in [1.29, 1.82) is 0 Å². The van der Waals surface area contributed by atoms with Crippen LogP contribution in [-0.2, 0) is 11.3 Å².